The highest BCUT2D eigenvalue weighted by Crippen LogP contribution is 2.25. The number of carbonyl (C=O) groups excluding carboxylic acids is 1. The van der Waals surface area contributed by atoms with Crippen molar-refractivity contribution in [1.29, 1.82) is 0 Å². The third-order valence-electron chi connectivity index (χ3n) is 5.16. The molecular formula is C25H19N3O5S. The van der Waals surface area contributed by atoms with Crippen molar-refractivity contribution in [3.8, 4) is 11.5 Å². The highest BCUT2D eigenvalue weighted by molar-refractivity contribution is 7.98. The SMILES string of the molecule is COC(=O)c1ccc2c(=O)n(Cc3ccco3)c(SCc3coc(-c4ccccc4)n3)nc2c1. The second-order valence-electron chi connectivity index (χ2n) is 7.39. The zero-order valence-electron chi connectivity index (χ0n) is 18.1. The molecule has 0 aliphatic carbocycles. The number of hydrogen-bond acceptors (Lipinski definition) is 8. The number of ether oxygens (including phenoxy) is 1. The molecule has 2 aromatic carbocycles. The lowest BCUT2D eigenvalue weighted by Crippen LogP contribution is -2.24. The molecule has 3 heterocycles. The Labute approximate surface area is 198 Å². The maximum Gasteiger partial charge on any atom is 0.337 e. The summed E-state index contributed by atoms with van der Waals surface area (Å²) in [6.45, 7) is 0.226. The molecule has 0 N–H and O–H groups in total. The second kappa shape index (κ2) is 9.40. The van der Waals surface area contributed by atoms with E-state index in [9.17, 15) is 9.59 Å². The molecule has 0 saturated heterocycles. The lowest BCUT2D eigenvalue weighted by Gasteiger charge is -2.12. The fourth-order valence-electron chi connectivity index (χ4n) is 3.48. The fraction of sp³-hybridized carbons (Fsp3) is 0.120. The summed E-state index contributed by atoms with van der Waals surface area (Å²) >= 11 is 1.35. The molecule has 0 fully saturated rings. The zero-order valence-corrected chi connectivity index (χ0v) is 19.0. The summed E-state index contributed by atoms with van der Waals surface area (Å²) in [6.07, 6.45) is 3.16. The van der Waals surface area contributed by atoms with Gasteiger partial charge in [-0.25, -0.2) is 14.8 Å². The summed E-state index contributed by atoms with van der Waals surface area (Å²) in [4.78, 5) is 34.6. The van der Waals surface area contributed by atoms with Crippen LogP contribution in [-0.2, 0) is 17.0 Å². The van der Waals surface area contributed by atoms with Gasteiger partial charge in [0.2, 0.25) is 5.89 Å². The molecule has 0 spiro atoms. The number of benzene rings is 2. The minimum Gasteiger partial charge on any atom is -0.467 e. The predicted molar refractivity (Wildman–Crippen MR) is 127 cm³/mol. The summed E-state index contributed by atoms with van der Waals surface area (Å²) < 4.78 is 17.4. The van der Waals surface area contributed by atoms with Gasteiger partial charge in [-0.15, -0.1) is 0 Å². The molecule has 0 unspecified atom stereocenters. The van der Waals surface area contributed by atoms with Crippen molar-refractivity contribution >= 4 is 28.6 Å². The number of nitrogens with zero attached hydrogens (tertiary/aromatic N) is 3. The van der Waals surface area contributed by atoms with Crippen LogP contribution in [0.1, 0.15) is 21.8 Å². The van der Waals surface area contributed by atoms with E-state index in [-0.39, 0.29) is 12.1 Å². The van der Waals surface area contributed by atoms with Crippen LogP contribution in [0, 0.1) is 0 Å². The molecule has 5 aromatic rings. The summed E-state index contributed by atoms with van der Waals surface area (Å²) in [5.41, 5.74) is 2.10. The van der Waals surface area contributed by atoms with Gasteiger partial charge in [0, 0.05) is 11.3 Å². The number of oxazole rings is 1. The van der Waals surface area contributed by atoms with E-state index >= 15 is 0 Å². The number of methoxy groups -OCH3 is 1. The van der Waals surface area contributed by atoms with Crippen molar-refractivity contribution in [2.24, 2.45) is 0 Å². The van der Waals surface area contributed by atoms with E-state index in [1.165, 1.54) is 18.9 Å². The summed E-state index contributed by atoms with van der Waals surface area (Å²) in [6, 6.07) is 17.9. The van der Waals surface area contributed by atoms with Gasteiger partial charge in [-0.2, -0.15) is 0 Å². The number of carbonyl (C=O) groups is 1. The number of furan rings is 1. The van der Waals surface area contributed by atoms with Gasteiger partial charge < -0.3 is 13.6 Å². The summed E-state index contributed by atoms with van der Waals surface area (Å²) in [5, 5.41) is 0.872. The third kappa shape index (κ3) is 4.38. The minimum atomic E-state index is -0.492. The van der Waals surface area contributed by atoms with Gasteiger partial charge in [-0.3, -0.25) is 9.36 Å². The van der Waals surface area contributed by atoms with Crippen LogP contribution in [0.4, 0.5) is 0 Å². The first-order valence-corrected chi connectivity index (χ1v) is 11.4. The molecule has 8 nitrogen and oxygen atoms in total. The van der Waals surface area contributed by atoms with Crippen molar-refractivity contribution in [2.45, 2.75) is 17.5 Å². The Bertz CT molecular complexity index is 1510. The number of thioether (sulfide) groups is 1. The Kier molecular flexibility index (Phi) is 6.01. The van der Waals surface area contributed by atoms with Gasteiger partial charge in [0.1, 0.15) is 12.0 Å². The van der Waals surface area contributed by atoms with Crippen LogP contribution in [-0.4, -0.2) is 27.6 Å². The van der Waals surface area contributed by atoms with Crippen molar-refractivity contribution in [3.63, 3.8) is 0 Å². The van der Waals surface area contributed by atoms with Gasteiger partial charge in [0.25, 0.3) is 5.56 Å². The second-order valence-corrected chi connectivity index (χ2v) is 8.33. The normalized spacial score (nSPS) is 11.1. The van der Waals surface area contributed by atoms with Crippen molar-refractivity contribution in [2.75, 3.05) is 7.11 Å². The molecule has 0 radical (unpaired) electrons. The molecular weight excluding hydrogens is 454 g/mol. The Morgan fingerprint density at radius 2 is 1.91 bits per heavy atom. The maximum atomic E-state index is 13.3. The predicted octanol–water partition coefficient (Wildman–Crippen LogP) is 4.77. The summed E-state index contributed by atoms with van der Waals surface area (Å²) in [7, 11) is 1.31. The van der Waals surface area contributed by atoms with E-state index in [0.717, 1.165) is 5.56 Å². The van der Waals surface area contributed by atoms with Crippen LogP contribution >= 0.6 is 11.8 Å². The number of aromatic nitrogens is 3. The molecule has 9 heteroatoms. The van der Waals surface area contributed by atoms with E-state index in [2.05, 4.69) is 4.98 Å². The number of hydrogen-bond donors (Lipinski definition) is 0. The van der Waals surface area contributed by atoms with Crippen molar-refractivity contribution in [3.05, 3.63) is 101 Å². The molecule has 5 rings (SSSR count). The van der Waals surface area contributed by atoms with E-state index in [1.807, 2.05) is 30.3 Å². The van der Waals surface area contributed by atoms with Gasteiger partial charge in [-0.05, 0) is 42.5 Å². The number of esters is 1. The van der Waals surface area contributed by atoms with Crippen LogP contribution < -0.4 is 5.56 Å². The molecule has 0 saturated carbocycles. The van der Waals surface area contributed by atoms with Crippen LogP contribution in [0.15, 0.2) is 92.0 Å². The van der Waals surface area contributed by atoms with Crippen molar-refractivity contribution in [1.82, 2.24) is 14.5 Å². The van der Waals surface area contributed by atoms with Crippen molar-refractivity contribution < 1.29 is 18.4 Å². The molecule has 0 aliphatic rings. The Hall–Kier alpha value is -4.11. The Balaban J connectivity index is 1.50. The first-order valence-electron chi connectivity index (χ1n) is 10.4. The zero-order chi connectivity index (χ0) is 23.5. The molecule has 0 aliphatic heterocycles. The average Bonchev–Trinajstić information content (AvgIpc) is 3.57. The minimum absolute atomic E-state index is 0.226. The van der Waals surface area contributed by atoms with Crippen LogP contribution in [0.5, 0.6) is 0 Å². The van der Waals surface area contributed by atoms with E-state index < -0.39 is 5.97 Å². The molecule has 170 valence electrons. The van der Waals surface area contributed by atoms with E-state index in [4.69, 9.17) is 18.6 Å². The number of fused-ring (bicyclic) bond motifs is 1. The maximum absolute atomic E-state index is 13.3. The highest BCUT2D eigenvalue weighted by Gasteiger charge is 2.16. The average molecular weight is 474 g/mol. The lowest BCUT2D eigenvalue weighted by atomic mass is 10.1. The van der Waals surface area contributed by atoms with Gasteiger partial charge in [0.05, 0.1) is 42.1 Å². The standard InChI is InChI=1S/C25H19N3O5S/c1-31-24(30)17-9-10-20-21(12-17)27-25(28(23(20)29)13-19-8-5-11-32-19)34-15-18-14-33-22(26-18)16-6-3-2-4-7-16/h2-12,14H,13,15H2,1H3. The smallest absolute Gasteiger partial charge is 0.337 e. The Morgan fingerprint density at radius 3 is 2.68 bits per heavy atom. The van der Waals surface area contributed by atoms with Crippen LogP contribution in [0.25, 0.3) is 22.4 Å². The molecule has 0 atom stereocenters. The fourth-order valence-corrected chi connectivity index (χ4v) is 4.35. The molecule has 34 heavy (non-hydrogen) atoms. The topological polar surface area (TPSA) is 100 Å². The van der Waals surface area contributed by atoms with Crippen LogP contribution in [0.2, 0.25) is 0 Å². The number of rotatable bonds is 7. The van der Waals surface area contributed by atoms with E-state index in [1.54, 1.807) is 47.4 Å². The highest BCUT2D eigenvalue weighted by atomic mass is 32.2. The monoisotopic (exact) mass is 473 g/mol. The van der Waals surface area contributed by atoms with Crippen LogP contribution in [0.3, 0.4) is 0 Å². The van der Waals surface area contributed by atoms with Gasteiger partial charge in [-0.1, -0.05) is 30.0 Å². The van der Waals surface area contributed by atoms with Gasteiger partial charge >= 0.3 is 5.97 Å². The molecule has 0 bridgehead atoms. The summed E-state index contributed by atoms with van der Waals surface area (Å²) in [5.74, 6) is 1.10. The van der Waals surface area contributed by atoms with Gasteiger partial charge in [0.15, 0.2) is 5.16 Å². The first-order chi connectivity index (χ1) is 16.6. The molecule has 3 aromatic heterocycles. The Morgan fingerprint density at radius 1 is 1.06 bits per heavy atom. The lowest BCUT2D eigenvalue weighted by molar-refractivity contribution is 0.0601. The largest absolute Gasteiger partial charge is 0.467 e. The quantitative estimate of drug-likeness (QED) is 0.189. The van der Waals surface area contributed by atoms with E-state index in [0.29, 0.717) is 44.7 Å². The third-order valence-corrected chi connectivity index (χ3v) is 6.17. The first kappa shape index (κ1) is 21.7. The molecule has 0 amide bonds.